The van der Waals surface area contributed by atoms with Gasteiger partial charge in [0.25, 0.3) is 0 Å². The van der Waals surface area contributed by atoms with Crippen molar-refractivity contribution in [1.82, 2.24) is 14.5 Å². The lowest BCUT2D eigenvalue weighted by Crippen LogP contribution is -2.52. The van der Waals surface area contributed by atoms with E-state index in [0.29, 0.717) is 62.8 Å². The zero-order valence-corrected chi connectivity index (χ0v) is 26.8. The minimum atomic E-state index is -3.60. The van der Waals surface area contributed by atoms with Gasteiger partial charge in [0.2, 0.25) is 15.9 Å². The van der Waals surface area contributed by atoms with Gasteiger partial charge in [-0.3, -0.25) is 4.79 Å². The first-order valence-electron chi connectivity index (χ1n) is 15.0. The van der Waals surface area contributed by atoms with E-state index < -0.39 is 15.6 Å². The van der Waals surface area contributed by atoms with Crippen LogP contribution in [0.4, 0.5) is 10.5 Å². The maximum absolute atomic E-state index is 13.1. The molecule has 11 nitrogen and oxygen atoms in total. The average Bonchev–Trinajstić information content (AvgIpc) is 3.10. The highest BCUT2D eigenvalue weighted by Crippen LogP contribution is 2.33. The number of nitrogens with zero attached hydrogens (tertiary/aromatic N) is 3. The maximum atomic E-state index is 13.1. The molecule has 1 fully saturated rings. The lowest BCUT2D eigenvalue weighted by Gasteiger charge is -2.37. The van der Waals surface area contributed by atoms with E-state index in [2.05, 4.69) is 10.3 Å². The van der Waals surface area contributed by atoms with Crippen molar-refractivity contribution in [2.24, 2.45) is 22.4 Å². The van der Waals surface area contributed by atoms with Crippen LogP contribution in [-0.4, -0.2) is 80.3 Å². The molecule has 5 N–H and O–H groups in total. The summed E-state index contributed by atoms with van der Waals surface area (Å²) in [5, 5.41) is 2.93. The quantitative estimate of drug-likeness (QED) is 0.320. The van der Waals surface area contributed by atoms with Crippen LogP contribution in [0.1, 0.15) is 52.5 Å². The third-order valence-corrected chi connectivity index (χ3v) is 9.21. The second kappa shape index (κ2) is 13.9. The number of ether oxygens (including phenoxy) is 1. The van der Waals surface area contributed by atoms with Gasteiger partial charge in [0.1, 0.15) is 11.4 Å². The highest BCUT2D eigenvalue weighted by Gasteiger charge is 2.36. The molecule has 1 saturated heterocycles. The Labute approximate surface area is 260 Å². The summed E-state index contributed by atoms with van der Waals surface area (Å²) < 4.78 is 33.1. The molecule has 2 amide bonds. The van der Waals surface area contributed by atoms with Crippen molar-refractivity contribution in [3.8, 4) is 11.1 Å². The first kappa shape index (κ1) is 33.2. The summed E-state index contributed by atoms with van der Waals surface area (Å²) in [6.45, 7) is 10.3. The molecule has 0 aliphatic carbocycles. The summed E-state index contributed by atoms with van der Waals surface area (Å²) in [5.74, 6) is 0.242. The highest BCUT2D eigenvalue weighted by atomic mass is 32.2. The van der Waals surface area contributed by atoms with Gasteiger partial charge < -0.3 is 26.4 Å². The molecule has 2 aromatic carbocycles. The van der Waals surface area contributed by atoms with Crippen LogP contribution in [0.3, 0.4) is 0 Å². The van der Waals surface area contributed by atoms with Crippen LogP contribution in [-0.2, 0) is 19.6 Å². The molecule has 238 valence electrons. The van der Waals surface area contributed by atoms with E-state index in [0.717, 1.165) is 23.1 Å². The number of sulfonamides is 1. The molecule has 0 radical (unpaired) electrons. The number of nitrogens with two attached hydrogens (primary N) is 2. The lowest BCUT2D eigenvalue weighted by atomic mass is 10.0. The second-order valence-electron chi connectivity index (χ2n) is 12.3. The molecule has 12 heteroatoms. The number of carbonyl (C=O) groups is 2. The van der Waals surface area contributed by atoms with Gasteiger partial charge in [0, 0.05) is 50.3 Å². The van der Waals surface area contributed by atoms with Gasteiger partial charge in [-0.1, -0.05) is 31.2 Å². The Kier molecular flexibility index (Phi) is 10.5. The van der Waals surface area contributed by atoms with E-state index in [4.69, 9.17) is 16.2 Å². The van der Waals surface area contributed by atoms with Crippen LogP contribution in [0, 0.1) is 5.92 Å². The molecule has 0 unspecified atom stereocenters. The van der Waals surface area contributed by atoms with Gasteiger partial charge in [0.15, 0.2) is 0 Å². The van der Waals surface area contributed by atoms with E-state index in [-0.39, 0.29) is 29.2 Å². The fourth-order valence-electron chi connectivity index (χ4n) is 5.05. The van der Waals surface area contributed by atoms with Gasteiger partial charge in [-0.15, -0.1) is 0 Å². The van der Waals surface area contributed by atoms with Crippen molar-refractivity contribution in [3.63, 3.8) is 0 Å². The molecule has 0 atom stereocenters. The summed E-state index contributed by atoms with van der Waals surface area (Å²) in [4.78, 5) is 32.0. The number of amides is 2. The summed E-state index contributed by atoms with van der Waals surface area (Å²) >= 11 is 0. The summed E-state index contributed by atoms with van der Waals surface area (Å²) in [6, 6.07) is 12.4. The third-order valence-electron chi connectivity index (χ3n) is 7.39. The standard InChI is InChI=1S/C32H44N6O5S/c1-5-13-37(31(40)43-32(2,3)4)14-7-12-35-30(39)26-15-25-11-10-24(17-28(25)36-29(34)18-26)23-8-6-9-27(16-23)44(41,42)38-20-22(19-33)21-38/h6,8-11,15-17,22H,5,7,12-14,18-21,33H2,1-4H3,(H2,34,36)(H,35,39). The van der Waals surface area contributed by atoms with E-state index in [9.17, 15) is 18.0 Å². The number of hydrogen-bond acceptors (Lipinski definition) is 8. The van der Waals surface area contributed by atoms with Gasteiger partial charge in [0.05, 0.1) is 10.6 Å². The topological polar surface area (TPSA) is 160 Å². The molecule has 0 saturated carbocycles. The molecule has 2 heterocycles. The van der Waals surface area contributed by atoms with E-state index >= 15 is 0 Å². The Morgan fingerprint density at radius 3 is 2.52 bits per heavy atom. The van der Waals surface area contributed by atoms with Gasteiger partial charge >= 0.3 is 6.09 Å². The Balaban J connectivity index is 1.43. The lowest BCUT2D eigenvalue weighted by molar-refractivity contribution is -0.117. The molecule has 2 aliphatic heterocycles. The number of benzene rings is 2. The van der Waals surface area contributed by atoms with Crippen molar-refractivity contribution < 1.29 is 22.7 Å². The minimum Gasteiger partial charge on any atom is -0.444 e. The monoisotopic (exact) mass is 624 g/mol. The van der Waals surface area contributed by atoms with Crippen molar-refractivity contribution in [3.05, 3.63) is 53.6 Å². The van der Waals surface area contributed by atoms with Crippen LogP contribution in [0.2, 0.25) is 0 Å². The maximum Gasteiger partial charge on any atom is 0.410 e. The van der Waals surface area contributed by atoms with Crippen LogP contribution < -0.4 is 16.8 Å². The number of carbonyl (C=O) groups excluding carboxylic acids is 2. The SMILES string of the molecule is CCCN(CCCNC(=O)C1=Cc2ccc(-c3cccc(S(=O)(=O)N4CC(CN)C4)c3)cc2N=C(N)C1)C(=O)OC(C)(C)C. The minimum absolute atomic E-state index is 0.184. The first-order valence-corrected chi connectivity index (χ1v) is 16.5. The Morgan fingerprint density at radius 2 is 1.84 bits per heavy atom. The van der Waals surface area contributed by atoms with Crippen LogP contribution >= 0.6 is 0 Å². The largest absolute Gasteiger partial charge is 0.444 e. The Bertz CT molecular complexity index is 1540. The molecule has 44 heavy (non-hydrogen) atoms. The predicted octanol–water partition coefficient (Wildman–Crippen LogP) is 3.86. The first-order chi connectivity index (χ1) is 20.8. The van der Waals surface area contributed by atoms with Gasteiger partial charge in [-0.25, -0.2) is 18.2 Å². The number of hydrogen-bond donors (Lipinski definition) is 3. The molecule has 2 aromatic rings. The highest BCUT2D eigenvalue weighted by molar-refractivity contribution is 7.89. The molecule has 0 bridgehead atoms. The number of amidine groups is 1. The summed E-state index contributed by atoms with van der Waals surface area (Å²) in [6.07, 6.45) is 2.98. The van der Waals surface area contributed by atoms with Gasteiger partial charge in [-0.05, 0) is 81.5 Å². The van der Waals surface area contributed by atoms with Crippen molar-refractivity contribution in [2.75, 3.05) is 39.3 Å². The number of aliphatic imine (C=N–C) groups is 1. The summed E-state index contributed by atoms with van der Waals surface area (Å²) in [7, 11) is -3.60. The Morgan fingerprint density at radius 1 is 1.11 bits per heavy atom. The fraction of sp³-hybridized carbons (Fsp3) is 0.469. The zero-order chi connectivity index (χ0) is 32.1. The molecule has 0 spiro atoms. The molecule has 0 aromatic heterocycles. The molecular weight excluding hydrogens is 580 g/mol. The normalized spacial score (nSPS) is 15.8. The van der Waals surface area contributed by atoms with E-state index in [1.807, 2.05) is 52.0 Å². The fourth-order valence-corrected chi connectivity index (χ4v) is 6.68. The van der Waals surface area contributed by atoms with Crippen molar-refractivity contribution in [2.45, 2.75) is 57.5 Å². The van der Waals surface area contributed by atoms with Gasteiger partial charge in [-0.2, -0.15) is 4.31 Å². The predicted molar refractivity (Wildman–Crippen MR) is 173 cm³/mol. The van der Waals surface area contributed by atoms with Crippen LogP contribution in [0.25, 0.3) is 17.2 Å². The number of rotatable bonds is 11. The molecular formula is C32H44N6O5S. The zero-order valence-electron chi connectivity index (χ0n) is 26.0. The van der Waals surface area contributed by atoms with Crippen molar-refractivity contribution >= 4 is 39.6 Å². The molecule has 4 rings (SSSR count). The number of fused-ring (bicyclic) bond motifs is 1. The Hall–Kier alpha value is -3.74. The number of nitrogens with one attached hydrogen (secondary N) is 1. The smallest absolute Gasteiger partial charge is 0.410 e. The average molecular weight is 625 g/mol. The second-order valence-corrected chi connectivity index (χ2v) is 14.2. The van der Waals surface area contributed by atoms with Crippen LogP contribution in [0.5, 0.6) is 0 Å². The molecule has 2 aliphatic rings. The van der Waals surface area contributed by atoms with E-state index in [1.165, 1.54) is 4.31 Å². The van der Waals surface area contributed by atoms with Crippen LogP contribution in [0.15, 0.2) is 57.9 Å². The third kappa shape index (κ3) is 8.25. The summed E-state index contributed by atoms with van der Waals surface area (Å²) in [5.41, 5.74) is 14.6. The van der Waals surface area contributed by atoms with Crippen molar-refractivity contribution in [1.29, 1.82) is 0 Å². The van der Waals surface area contributed by atoms with E-state index in [1.54, 1.807) is 29.2 Å².